The number of para-hydroxylation sites is 1. The molecule has 1 spiro atoms. The Morgan fingerprint density at radius 3 is 2.75 bits per heavy atom. The second kappa shape index (κ2) is 3.29. The molecule has 20 heavy (non-hydrogen) atoms. The molecule has 0 unspecified atom stereocenters. The van der Waals surface area contributed by atoms with Gasteiger partial charge in [0.05, 0.1) is 5.41 Å². The van der Waals surface area contributed by atoms with Crippen molar-refractivity contribution < 1.29 is 4.79 Å². The van der Waals surface area contributed by atoms with Crippen molar-refractivity contribution in [3.63, 3.8) is 0 Å². The van der Waals surface area contributed by atoms with E-state index >= 15 is 0 Å². The summed E-state index contributed by atoms with van der Waals surface area (Å²) >= 11 is 1.88. The lowest BCUT2D eigenvalue weighted by Gasteiger charge is -2.15. The minimum atomic E-state index is -0.287. The number of rotatable bonds is 0. The van der Waals surface area contributed by atoms with Crippen LogP contribution in [0.3, 0.4) is 0 Å². The smallest absolute Gasteiger partial charge is 0.239 e. The third-order valence-corrected chi connectivity index (χ3v) is 6.53. The molecule has 0 N–H and O–H groups in total. The van der Waals surface area contributed by atoms with Crippen molar-refractivity contribution in [3.8, 4) is 0 Å². The van der Waals surface area contributed by atoms with Crippen LogP contribution in [0.4, 0.5) is 5.69 Å². The molecule has 1 amide bonds. The summed E-state index contributed by atoms with van der Waals surface area (Å²) in [6.07, 6.45) is 0. The van der Waals surface area contributed by atoms with Crippen LogP contribution in [0.25, 0.3) is 0 Å². The van der Waals surface area contributed by atoms with Crippen molar-refractivity contribution >= 4 is 23.4 Å². The summed E-state index contributed by atoms with van der Waals surface area (Å²) in [6.45, 7) is 0. The van der Waals surface area contributed by atoms with E-state index in [0.717, 1.165) is 5.69 Å². The number of carbonyl (C=O) groups excluding carboxylic acids is 1. The SMILES string of the molecule is CN1C(=O)[C@]2(c3ccccc31)[C@@H]1c3ccccc3S[C@@H]12. The molecule has 5 rings (SSSR count). The Bertz CT molecular complexity index is 771. The van der Waals surface area contributed by atoms with E-state index < -0.39 is 0 Å². The number of carbonyl (C=O) groups is 1. The van der Waals surface area contributed by atoms with Crippen LogP contribution in [-0.4, -0.2) is 18.2 Å². The highest BCUT2D eigenvalue weighted by Gasteiger charge is 2.77. The first kappa shape index (κ1) is 11.0. The van der Waals surface area contributed by atoms with Gasteiger partial charge in [-0.15, -0.1) is 11.8 Å². The average molecular weight is 279 g/mol. The third-order valence-electron chi connectivity index (χ3n) is 5.01. The lowest BCUT2D eigenvalue weighted by Crippen LogP contribution is -2.31. The molecule has 1 saturated carbocycles. The monoisotopic (exact) mass is 279 g/mol. The summed E-state index contributed by atoms with van der Waals surface area (Å²) in [5.74, 6) is 0.637. The van der Waals surface area contributed by atoms with E-state index in [4.69, 9.17) is 0 Å². The van der Waals surface area contributed by atoms with E-state index in [1.54, 1.807) is 0 Å². The molecule has 3 heteroatoms. The predicted octanol–water partition coefficient (Wildman–Crippen LogP) is 3.17. The Kier molecular flexibility index (Phi) is 1.80. The van der Waals surface area contributed by atoms with E-state index in [0.29, 0.717) is 11.2 Å². The predicted molar refractivity (Wildman–Crippen MR) is 80.4 cm³/mol. The summed E-state index contributed by atoms with van der Waals surface area (Å²) in [5, 5.41) is 0.388. The van der Waals surface area contributed by atoms with Gasteiger partial charge in [-0.05, 0) is 23.3 Å². The number of nitrogens with zero attached hydrogens (tertiary/aromatic N) is 1. The van der Waals surface area contributed by atoms with E-state index in [2.05, 4.69) is 42.5 Å². The highest BCUT2D eigenvalue weighted by Crippen LogP contribution is 2.75. The maximum atomic E-state index is 12.9. The lowest BCUT2D eigenvalue weighted by molar-refractivity contribution is -0.120. The average Bonchev–Trinajstić information content (AvgIpc) is 2.88. The molecule has 3 atom stereocenters. The molecule has 2 aromatic rings. The molecule has 3 aliphatic rings. The molecule has 1 aliphatic carbocycles. The number of benzene rings is 2. The quantitative estimate of drug-likeness (QED) is 0.738. The summed E-state index contributed by atoms with van der Waals surface area (Å²) in [6, 6.07) is 16.8. The second-order valence-corrected chi connectivity index (χ2v) is 6.99. The molecule has 1 fully saturated rings. The Labute approximate surface area is 121 Å². The zero-order valence-electron chi connectivity index (χ0n) is 11.0. The zero-order valence-corrected chi connectivity index (χ0v) is 11.9. The minimum absolute atomic E-state index is 0.274. The van der Waals surface area contributed by atoms with Gasteiger partial charge in [0.1, 0.15) is 0 Å². The number of thioether (sulfide) groups is 1. The van der Waals surface area contributed by atoms with E-state index in [1.165, 1.54) is 16.0 Å². The fourth-order valence-corrected chi connectivity index (χ4v) is 5.84. The maximum Gasteiger partial charge on any atom is 0.239 e. The summed E-state index contributed by atoms with van der Waals surface area (Å²) in [7, 11) is 1.90. The van der Waals surface area contributed by atoms with Crippen molar-refractivity contribution in [1.29, 1.82) is 0 Å². The molecule has 2 aliphatic heterocycles. The normalized spacial score (nSPS) is 32.2. The molecular formula is C17H13NOS. The minimum Gasteiger partial charge on any atom is -0.314 e. The molecule has 0 radical (unpaired) electrons. The first-order valence-corrected chi connectivity index (χ1v) is 7.77. The number of hydrogen-bond acceptors (Lipinski definition) is 2. The van der Waals surface area contributed by atoms with Crippen LogP contribution in [0.15, 0.2) is 53.4 Å². The maximum absolute atomic E-state index is 12.9. The van der Waals surface area contributed by atoms with Crippen LogP contribution in [0, 0.1) is 0 Å². The van der Waals surface area contributed by atoms with Gasteiger partial charge in [-0.1, -0.05) is 36.4 Å². The van der Waals surface area contributed by atoms with Gasteiger partial charge in [0, 0.05) is 28.8 Å². The van der Waals surface area contributed by atoms with Gasteiger partial charge in [0.2, 0.25) is 5.91 Å². The van der Waals surface area contributed by atoms with Crippen molar-refractivity contribution in [2.75, 3.05) is 11.9 Å². The fourth-order valence-electron chi connectivity index (χ4n) is 4.10. The van der Waals surface area contributed by atoms with E-state index in [-0.39, 0.29) is 11.3 Å². The van der Waals surface area contributed by atoms with Gasteiger partial charge < -0.3 is 4.90 Å². The molecule has 2 aromatic carbocycles. The standard InChI is InChI=1S/C17H13NOS/c1-18-12-8-4-3-7-11(12)17(16(18)19)14-10-6-2-5-9-13(10)20-15(14)17/h2-9,14-15H,1H3/t14-,15+,17-/m1/s1. The van der Waals surface area contributed by atoms with Gasteiger partial charge in [-0.25, -0.2) is 0 Å². The second-order valence-electron chi connectivity index (χ2n) is 5.80. The summed E-state index contributed by atoms with van der Waals surface area (Å²) in [5.41, 5.74) is 3.39. The molecule has 0 aromatic heterocycles. The number of amides is 1. The highest BCUT2D eigenvalue weighted by atomic mass is 32.2. The van der Waals surface area contributed by atoms with Crippen LogP contribution in [0.2, 0.25) is 0 Å². The molecule has 2 heterocycles. The Hall–Kier alpha value is -1.74. The van der Waals surface area contributed by atoms with Crippen LogP contribution >= 0.6 is 11.8 Å². The Morgan fingerprint density at radius 1 is 1.10 bits per heavy atom. The van der Waals surface area contributed by atoms with Crippen LogP contribution in [0.1, 0.15) is 17.0 Å². The molecule has 98 valence electrons. The first-order chi connectivity index (χ1) is 9.76. The van der Waals surface area contributed by atoms with E-state index in [9.17, 15) is 4.79 Å². The van der Waals surface area contributed by atoms with E-state index in [1.807, 2.05) is 29.8 Å². The molecule has 2 nitrogen and oxygen atoms in total. The number of hydrogen-bond donors (Lipinski definition) is 0. The van der Waals surface area contributed by atoms with Gasteiger partial charge in [-0.2, -0.15) is 0 Å². The fraction of sp³-hybridized carbons (Fsp3) is 0.235. The van der Waals surface area contributed by atoms with Gasteiger partial charge in [-0.3, -0.25) is 4.79 Å². The van der Waals surface area contributed by atoms with Crippen LogP contribution in [0.5, 0.6) is 0 Å². The van der Waals surface area contributed by atoms with Gasteiger partial charge in [0.15, 0.2) is 0 Å². The van der Waals surface area contributed by atoms with Crippen LogP contribution in [-0.2, 0) is 10.2 Å². The van der Waals surface area contributed by atoms with Crippen LogP contribution < -0.4 is 4.90 Å². The van der Waals surface area contributed by atoms with Crippen molar-refractivity contribution in [2.45, 2.75) is 21.5 Å². The molecule has 0 saturated heterocycles. The number of fused-ring (bicyclic) bond motifs is 7. The van der Waals surface area contributed by atoms with Crippen molar-refractivity contribution in [1.82, 2.24) is 0 Å². The van der Waals surface area contributed by atoms with Gasteiger partial charge >= 0.3 is 0 Å². The largest absolute Gasteiger partial charge is 0.314 e. The number of likely N-dealkylation sites (N-methyl/N-ethyl adjacent to an activating group) is 1. The summed E-state index contributed by atoms with van der Waals surface area (Å²) in [4.78, 5) is 16.1. The van der Waals surface area contributed by atoms with Crippen molar-refractivity contribution in [3.05, 3.63) is 59.7 Å². The molecule has 0 bridgehead atoms. The third kappa shape index (κ3) is 0.977. The Balaban J connectivity index is 1.74. The topological polar surface area (TPSA) is 20.3 Å². The van der Waals surface area contributed by atoms with Crippen molar-refractivity contribution in [2.24, 2.45) is 0 Å². The number of anilines is 1. The zero-order chi connectivity index (χ0) is 13.5. The highest BCUT2D eigenvalue weighted by molar-refractivity contribution is 8.00. The lowest BCUT2D eigenvalue weighted by atomic mass is 9.92. The van der Waals surface area contributed by atoms with Gasteiger partial charge in [0.25, 0.3) is 0 Å². The first-order valence-electron chi connectivity index (χ1n) is 6.89. The Morgan fingerprint density at radius 2 is 1.85 bits per heavy atom. The summed E-state index contributed by atoms with van der Waals surface area (Å²) < 4.78 is 0. The molecular weight excluding hydrogens is 266 g/mol.